The van der Waals surface area contributed by atoms with Gasteiger partial charge in [0.1, 0.15) is 12.2 Å². The van der Waals surface area contributed by atoms with Crippen molar-refractivity contribution < 1.29 is 9.59 Å². The Kier molecular flexibility index (Phi) is 5.57. The number of amides is 2. The van der Waals surface area contributed by atoms with Crippen LogP contribution in [-0.2, 0) is 11.3 Å². The highest BCUT2D eigenvalue weighted by atomic mass is 16.2. The average molecular weight is 412 g/mol. The summed E-state index contributed by atoms with van der Waals surface area (Å²) in [6.45, 7) is 1.64. The van der Waals surface area contributed by atoms with Crippen molar-refractivity contribution in [2.24, 2.45) is 0 Å². The first-order valence-corrected chi connectivity index (χ1v) is 9.73. The molecule has 3 aromatic carbocycles. The molecule has 0 saturated carbocycles. The van der Waals surface area contributed by atoms with Gasteiger partial charge in [-0.05, 0) is 36.6 Å². The Morgan fingerprint density at radius 2 is 1.61 bits per heavy atom. The monoisotopic (exact) mass is 412 g/mol. The van der Waals surface area contributed by atoms with Crippen molar-refractivity contribution in [2.45, 2.75) is 13.5 Å². The van der Waals surface area contributed by atoms with Gasteiger partial charge in [-0.2, -0.15) is 5.10 Å². The molecule has 7 nitrogen and oxygen atoms in total. The van der Waals surface area contributed by atoms with E-state index in [9.17, 15) is 14.4 Å². The fourth-order valence-corrected chi connectivity index (χ4v) is 3.18. The lowest BCUT2D eigenvalue weighted by Crippen LogP contribution is -2.31. The number of hydrogen-bond acceptors (Lipinski definition) is 4. The molecule has 31 heavy (non-hydrogen) atoms. The first-order valence-electron chi connectivity index (χ1n) is 9.73. The number of fused-ring (bicyclic) bond motifs is 1. The summed E-state index contributed by atoms with van der Waals surface area (Å²) >= 11 is 0. The van der Waals surface area contributed by atoms with Crippen LogP contribution in [0.15, 0.2) is 83.7 Å². The number of aromatic nitrogens is 2. The molecule has 0 spiro atoms. The van der Waals surface area contributed by atoms with Gasteiger partial charge in [0.25, 0.3) is 11.5 Å². The number of rotatable bonds is 5. The molecule has 0 aliphatic rings. The van der Waals surface area contributed by atoms with Crippen molar-refractivity contribution in [3.8, 4) is 0 Å². The quantitative estimate of drug-likeness (QED) is 0.524. The maximum atomic E-state index is 12.6. The Morgan fingerprint density at radius 3 is 2.42 bits per heavy atom. The van der Waals surface area contributed by atoms with Gasteiger partial charge in [-0.1, -0.05) is 54.1 Å². The van der Waals surface area contributed by atoms with E-state index in [0.717, 1.165) is 21.0 Å². The highest BCUT2D eigenvalue weighted by Gasteiger charge is 2.13. The summed E-state index contributed by atoms with van der Waals surface area (Å²) in [6, 6.07) is 23.1. The van der Waals surface area contributed by atoms with Crippen LogP contribution >= 0.6 is 0 Å². The molecule has 154 valence electrons. The fraction of sp³-hybridized carbons (Fsp3) is 0.0833. The first kappa shape index (κ1) is 20.0. The van der Waals surface area contributed by atoms with Gasteiger partial charge in [0.05, 0.1) is 0 Å². The number of nitrogens with zero attached hydrogens (tertiary/aromatic N) is 2. The summed E-state index contributed by atoms with van der Waals surface area (Å²) in [5.74, 6) is -0.880. The zero-order valence-corrected chi connectivity index (χ0v) is 16.8. The van der Waals surface area contributed by atoms with Crippen LogP contribution < -0.4 is 16.2 Å². The second-order valence-electron chi connectivity index (χ2n) is 7.11. The molecule has 1 aromatic heterocycles. The molecule has 0 atom stereocenters. The molecule has 2 amide bonds. The third-order valence-corrected chi connectivity index (χ3v) is 4.77. The van der Waals surface area contributed by atoms with Gasteiger partial charge in [0, 0.05) is 22.8 Å². The van der Waals surface area contributed by atoms with Crippen LogP contribution in [0.25, 0.3) is 10.8 Å². The zero-order chi connectivity index (χ0) is 21.8. The van der Waals surface area contributed by atoms with Gasteiger partial charge in [-0.15, -0.1) is 0 Å². The Labute approximate surface area is 178 Å². The van der Waals surface area contributed by atoms with Crippen molar-refractivity contribution in [1.29, 1.82) is 0 Å². The van der Waals surface area contributed by atoms with Gasteiger partial charge in [0.2, 0.25) is 5.91 Å². The molecule has 0 radical (unpaired) electrons. The third-order valence-electron chi connectivity index (χ3n) is 4.77. The van der Waals surface area contributed by atoms with Gasteiger partial charge < -0.3 is 10.6 Å². The van der Waals surface area contributed by atoms with Crippen LogP contribution in [0.1, 0.15) is 16.1 Å². The third kappa shape index (κ3) is 4.67. The number of nitrogens with one attached hydrogen (secondary N) is 2. The molecule has 0 aliphatic heterocycles. The Balaban J connectivity index is 1.50. The smallest absolute Gasteiger partial charge is 0.276 e. The summed E-state index contributed by atoms with van der Waals surface area (Å²) in [4.78, 5) is 37.2. The van der Waals surface area contributed by atoms with Crippen molar-refractivity contribution in [3.63, 3.8) is 0 Å². The molecule has 1 heterocycles. The number of hydrogen-bond donors (Lipinski definition) is 2. The molecule has 2 N–H and O–H groups in total. The summed E-state index contributed by atoms with van der Waals surface area (Å²) in [5, 5.41) is 11.5. The molecular formula is C24H20N4O3. The molecule has 4 aromatic rings. The number of aryl methyl sites for hydroxylation is 1. The lowest BCUT2D eigenvalue weighted by atomic mass is 10.1. The highest BCUT2D eigenvalue weighted by Crippen LogP contribution is 2.22. The van der Waals surface area contributed by atoms with E-state index in [1.807, 2.05) is 55.5 Å². The van der Waals surface area contributed by atoms with Crippen molar-refractivity contribution in [2.75, 3.05) is 10.6 Å². The molecular weight excluding hydrogens is 392 g/mol. The van der Waals surface area contributed by atoms with E-state index >= 15 is 0 Å². The second kappa shape index (κ2) is 8.62. The van der Waals surface area contributed by atoms with Crippen LogP contribution in [0.4, 0.5) is 11.4 Å². The molecule has 7 heteroatoms. The Bertz CT molecular complexity index is 1320. The fourth-order valence-electron chi connectivity index (χ4n) is 3.18. The van der Waals surface area contributed by atoms with Crippen molar-refractivity contribution in [1.82, 2.24) is 9.78 Å². The molecule has 4 rings (SSSR count). The Hall–Kier alpha value is -4.26. The molecule has 0 saturated heterocycles. The standard InChI is InChI=1S/C24H20N4O3/c1-16-9-11-18(12-10-16)25-24(31)21-13-14-23(30)28(27-21)15-22(29)26-20-8-4-6-17-5-2-3-7-19(17)20/h2-14H,15H2,1H3,(H,25,31)(H,26,29). The number of benzene rings is 3. The normalized spacial score (nSPS) is 10.6. The molecule has 0 bridgehead atoms. The van der Waals surface area contributed by atoms with Crippen molar-refractivity contribution in [3.05, 3.63) is 100 Å². The summed E-state index contributed by atoms with van der Waals surface area (Å²) in [7, 11) is 0. The largest absolute Gasteiger partial charge is 0.324 e. The van der Waals surface area contributed by atoms with Gasteiger partial charge >= 0.3 is 0 Å². The van der Waals surface area contributed by atoms with E-state index in [2.05, 4.69) is 15.7 Å². The molecule has 0 fully saturated rings. The van der Waals surface area contributed by atoms with E-state index in [1.54, 1.807) is 18.2 Å². The predicted molar refractivity (Wildman–Crippen MR) is 120 cm³/mol. The molecule has 0 unspecified atom stereocenters. The van der Waals surface area contributed by atoms with E-state index in [4.69, 9.17) is 0 Å². The Morgan fingerprint density at radius 1 is 0.871 bits per heavy atom. The van der Waals surface area contributed by atoms with E-state index < -0.39 is 17.4 Å². The highest BCUT2D eigenvalue weighted by molar-refractivity contribution is 6.03. The number of carbonyl (C=O) groups is 2. The summed E-state index contributed by atoms with van der Waals surface area (Å²) < 4.78 is 0.977. The van der Waals surface area contributed by atoms with Gasteiger partial charge in [-0.25, -0.2) is 4.68 Å². The number of carbonyl (C=O) groups excluding carboxylic acids is 2. The zero-order valence-electron chi connectivity index (χ0n) is 16.8. The lowest BCUT2D eigenvalue weighted by molar-refractivity contribution is -0.117. The van der Waals surface area contributed by atoms with E-state index in [0.29, 0.717) is 11.4 Å². The van der Waals surface area contributed by atoms with Crippen LogP contribution in [0.2, 0.25) is 0 Å². The first-order chi connectivity index (χ1) is 15.0. The molecule has 0 aliphatic carbocycles. The van der Waals surface area contributed by atoms with Gasteiger partial charge in [0.15, 0.2) is 0 Å². The van der Waals surface area contributed by atoms with Crippen LogP contribution in [0, 0.1) is 6.92 Å². The lowest BCUT2D eigenvalue weighted by Gasteiger charge is -2.10. The van der Waals surface area contributed by atoms with E-state index in [1.165, 1.54) is 12.1 Å². The predicted octanol–water partition coefficient (Wildman–Crippen LogP) is 3.60. The number of anilines is 2. The average Bonchev–Trinajstić information content (AvgIpc) is 2.77. The van der Waals surface area contributed by atoms with Crippen LogP contribution in [-0.4, -0.2) is 21.6 Å². The second-order valence-corrected chi connectivity index (χ2v) is 7.11. The minimum Gasteiger partial charge on any atom is -0.324 e. The topological polar surface area (TPSA) is 93.1 Å². The van der Waals surface area contributed by atoms with E-state index in [-0.39, 0.29) is 12.2 Å². The minimum absolute atomic E-state index is 0.0399. The SMILES string of the molecule is Cc1ccc(NC(=O)c2ccc(=O)n(CC(=O)Nc3cccc4ccccc34)n2)cc1. The maximum absolute atomic E-state index is 12.6. The van der Waals surface area contributed by atoms with Crippen molar-refractivity contribution >= 4 is 34.0 Å². The summed E-state index contributed by atoms with van der Waals surface area (Å²) in [5.41, 5.74) is 1.90. The van der Waals surface area contributed by atoms with Crippen LogP contribution in [0.5, 0.6) is 0 Å². The van der Waals surface area contributed by atoms with Gasteiger partial charge in [-0.3, -0.25) is 14.4 Å². The van der Waals surface area contributed by atoms with Crippen LogP contribution in [0.3, 0.4) is 0 Å². The summed E-state index contributed by atoms with van der Waals surface area (Å²) in [6.07, 6.45) is 0. The maximum Gasteiger partial charge on any atom is 0.276 e. The minimum atomic E-state index is -0.472.